The van der Waals surface area contributed by atoms with E-state index in [0.717, 1.165) is 0 Å². The number of sulfonamides is 1. The molecule has 0 spiro atoms. The fourth-order valence-corrected chi connectivity index (χ4v) is 3.92. The molecule has 0 radical (unpaired) electrons. The van der Waals surface area contributed by atoms with Gasteiger partial charge in [0, 0.05) is 16.7 Å². The van der Waals surface area contributed by atoms with Crippen LogP contribution in [0.4, 0.5) is 8.78 Å². The van der Waals surface area contributed by atoms with Gasteiger partial charge in [-0.05, 0) is 60.2 Å². The Bertz CT molecular complexity index is 1270. The number of aldehydes is 1. The summed E-state index contributed by atoms with van der Waals surface area (Å²) < 4.78 is 56.4. The predicted molar refractivity (Wildman–Crippen MR) is 107 cm³/mol. The Balaban J connectivity index is 1.95. The Kier molecular flexibility index (Phi) is 4.97. The molecule has 0 saturated heterocycles. The molecule has 4 rings (SSSR count). The molecule has 0 amide bonds. The molecular weight excluding hydrogens is 412 g/mol. The van der Waals surface area contributed by atoms with Gasteiger partial charge in [0.2, 0.25) is 10.0 Å². The van der Waals surface area contributed by atoms with E-state index in [1.165, 1.54) is 66.7 Å². The average molecular weight is 427 g/mol. The Morgan fingerprint density at radius 3 is 2.07 bits per heavy atom. The van der Waals surface area contributed by atoms with Gasteiger partial charge in [0.15, 0.2) is 0 Å². The van der Waals surface area contributed by atoms with Crippen LogP contribution in [0.5, 0.6) is 5.75 Å². The van der Waals surface area contributed by atoms with Crippen molar-refractivity contribution in [1.82, 2.24) is 0 Å². The van der Waals surface area contributed by atoms with Crippen molar-refractivity contribution in [3.63, 3.8) is 0 Å². The Hall–Kier alpha value is -3.36. The summed E-state index contributed by atoms with van der Waals surface area (Å²) in [5.41, 5.74) is 1.73. The number of hydrogen-bond acceptors (Lipinski definition) is 4. The van der Waals surface area contributed by atoms with Crippen LogP contribution in [-0.4, -0.2) is 14.7 Å². The molecule has 0 aromatic heterocycles. The SMILES string of the molecule is NS(=O)(=O)c1ccc(C2=C(c3ccc(F)cc3)C(C=O)c3cc(F)ccc3O2)cc1. The van der Waals surface area contributed by atoms with Gasteiger partial charge < -0.3 is 9.53 Å². The number of primary sulfonamides is 1. The molecular formula is C22H15F2NO4S. The molecule has 2 N–H and O–H groups in total. The zero-order valence-electron chi connectivity index (χ0n) is 15.4. The smallest absolute Gasteiger partial charge is 0.238 e. The van der Waals surface area contributed by atoms with Crippen molar-refractivity contribution in [2.24, 2.45) is 5.14 Å². The minimum Gasteiger partial charge on any atom is -0.456 e. The fraction of sp³-hybridized carbons (Fsp3) is 0.0455. The second kappa shape index (κ2) is 7.47. The highest BCUT2D eigenvalue weighted by Crippen LogP contribution is 2.46. The summed E-state index contributed by atoms with van der Waals surface area (Å²) in [6.45, 7) is 0. The number of carbonyl (C=O) groups is 1. The van der Waals surface area contributed by atoms with E-state index < -0.39 is 27.6 Å². The lowest BCUT2D eigenvalue weighted by Crippen LogP contribution is -2.16. The number of hydrogen-bond donors (Lipinski definition) is 1. The molecule has 3 aromatic rings. The van der Waals surface area contributed by atoms with Gasteiger partial charge in [0.1, 0.15) is 29.4 Å². The van der Waals surface area contributed by atoms with E-state index in [4.69, 9.17) is 9.88 Å². The monoisotopic (exact) mass is 427 g/mol. The molecule has 8 heteroatoms. The van der Waals surface area contributed by atoms with Gasteiger partial charge >= 0.3 is 0 Å². The zero-order valence-corrected chi connectivity index (χ0v) is 16.2. The zero-order chi connectivity index (χ0) is 21.5. The molecule has 1 heterocycles. The highest BCUT2D eigenvalue weighted by Gasteiger charge is 2.32. The van der Waals surface area contributed by atoms with E-state index in [1.807, 2.05) is 0 Å². The lowest BCUT2D eigenvalue weighted by Gasteiger charge is -2.28. The summed E-state index contributed by atoms with van der Waals surface area (Å²) in [5.74, 6) is -1.28. The third-order valence-electron chi connectivity index (χ3n) is 4.81. The van der Waals surface area contributed by atoms with E-state index in [1.54, 1.807) is 0 Å². The Morgan fingerprint density at radius 2 is 1.47 bits per heavy atom. The van der Waals surface area contributed by atoms with Gasteiger partial charge in [-0.3, -0.25) is 0 Å². The van der Waals surface area contributed by atoms with E-state index in [-0.39, 0.29) is 10.7 Å². The first kappa shape index (κ1) is 19.9. The molecule has 0 aliphatic carbocycles. The van der Waals surface area contributed by atoms with E-state index >= 15 is 0 Å². The summed E-state index contributed by atoms with van der Waals surface area (Å²) in [5, 5.41) is 5.15. The minimum absolute atomic E-state index is 0.0830. The summed E-state index contributed by atoms with van der Waals surface area (Å²) in [7, 11) is -3.89. The Labute approximate surface area is 171 Å². The first-order valence-corrected chi connectivity index (χ1v) is 10.4. The maximum Gasteiger partial charge on any atom is 0.238 e. The number of allylic oxidation sites excluding steroid dienone is 1. The molecule has 1 atom stereocenters. The number of carbonyl (C=O) groups excluding carboxylic acids is 1. The fourth-order valence-electron chi connectivity index (χ4n) is 3.41. The highest BCUT2D eigenvalue weighted by molar-refractivity contribution is 7.89. The van der Waals surface area contributed by atoms with Crippen LogP contribution in [0.15, 0.2) is 71.6 Å². The summed E-state index contributed by atoms with van der Waals surface area (Å²) >= 11 is 0. The van der Waals surface area contributed by atoms with E-state index in [2.05, 4.69) is 0 Å². The normalized spacial score (nSPS) is 16.0. The van der Waals surface area contributed by atoms with Crippen molar-refractivity contribution in [3.8, 4) is 5.75 Å². The minimum atomic E-state index is -3.89. The number of fused-ring (bicyclic) bond motifs is 1. The van der Waals surface area contributed by atoms with Crippen LogP contribution < -0.4 is 9.88 Å². The number of benzene rings is 3. The molecule has 0 bridgehead atoms. The van der Waals surface area contributed by atoms with Gasteiger partial charge in [-0.15, -0.1) is 0 Å². The third-order valence-corrected chi connectivity index (χ3v) is 5.74. The van der Waals surface area contributed by atoms with Crippen LogP contribution in [0.1, 0.15) is 22.6 Å². The topological polar surface area (TPSA) is 86.5 Å². The van der Waals surface area contributed by atoms with Crippen molar-refractivity contribution < 1.29 is 26.7 Å². The van der Waals surface area contributed by atoms with Crippen molar-refractivity contribution in [2.45, 2.75) is 10.8 Å². The predicted octanol–water partition coefficient (Wildman–Crippen LogP) is 3.86. The summed E-state index contributed by atoms with van der Waals surface area (Å²) in [6.07, 6.45) is 0.665. The summed E-state index contributed by atoms with van der Waals surface area (Å²) in [6, 6.07) is 15.0. The highest BCUT2D eigenvalue weighted by atomic mass is 32.2. The largest absolute Gasteiger partial charge is 0.456 e. The first-order chi connectivity index (χ1) is 14.3. The third kappa shape index (κ3) is 3.62. The molecule has 3 aromatic carbocycles. The summed E-state index contributed by atoms with van der Waals surface area (Å²) in [4.78, 5) is 12.0. The number of rotatable bonds is 4. The van der Waals surface area contributed by atoms with Crippen LogP contribution in [0, 0.1) is 11.6 Å². The van der Waals surface area contributed by atoms with Crippen LogP contribution in [0.3, 0.4) is 0 Å². The molecule has 5 nitrogen and oxygen atoms in total. The molecule has 1 aliphatic rings. The lowest BCUT2D eigenvalue weighted by atomic mass is 9.83. The average Bonchev–Trinajstić information content (AvgIpc) is 2.72. The van der Waals surface area contributed by atoms with Crippen LogP contribution in [0.2, 0.25) is 0 Å². The number of halogens is 2. The second-order valence-corrected chi connectivity index (χ2v) is 8.28. The van der Waals surface area contributed by atoms with Crippen LogP contribution in [0.25, 0.3) is 11.3 Å². The van der Waals surface area contributed by atoms with Crippen molar-refractivity contribution in [3.05, 3.63) is 95.1 Å². The van der Waals surface area contributed by atoms with Gasteiger partial charge in [-0.25, -0.2) is 22.3 Å². The first-order valence-electron chi connectivity index (χ1n) is 8.84. The van der Waals surface area contributed by atoms with Crippen LogP contribution >= 0.6 is 0 Å². The second-order valence-electron chi connectivity index (χ2n) is 6.72. The Morgan fingerprint density at radius 1 is 0.867 bits per heavy atom. The van der Waals surface area contributed by atoms with Crippen molar-refractivity contribution >= 4 is 27.6 Å². The van der Waals surface area contributed by atoms with Gasteiger partial charge in [0.25, 0.3) is 0 Å². The van der Waals surface area contributed by atoms with Crippen molar-refractivity contribution in [2.75, 3.05) is 0 Å². The molecule has 30 heavy (non-hydrogen) atoms. The standard InChI is InChI=1S/C22H15F2NO4S/c23-15-5-1-13(2-6-15)21-19(12-26)18-11-16(24)7-10-20(18)29-22(21)14-3-8-17(9-4-14)30(25,27)28/h1-12,19H,(H2,25,27,28). The molecule has 152 valence electrons. The number of ether oxygens (including phenoxy) is 1. The lowest BCUT2D eigenvalue weighted by molar-refractivity contribution is -0.108. The van der Waals surface area contributed by atoms with Gasteiger partial charge in [0.05, 0.1) is 10.8 Å². The maximum atomic E-state index is 13.9. The number of nitrogens with two attached hydrogens (primary N) is 1. The quantitative estimate of drug-likeness (QED) is 0.641. The van der Waals surface area contributed by atoms with Gasteiger partial charge in [-0.1, -0.05) is 12.1 Å². The maximum absolute atomic E-state index is 13.9. The van der Waals surface area contributed by atoms with Gasteiger partial charge in [-0.2, -0.15) is 0 Å². The van der Waals surface area contributed by atoms with E-state index in [9.17, 15) is 22.0 Å². The molecule has 1 unspecified atom stereocenters. The van der Waals surface area contributed by atoms with Crippen LogP contribution in [-0.2, 0) is 14.8 Å². The van der Waals surface area contributed by atoms with E-state index in [0.29, 0.717) is 34.3 Å². The molecule has 0 fully saturated rings. The van der Waals surface area contributed by atoms with Crippen molar-refractivity contribution in [1.29, 1.82) is 0 Å². The molecule has 0 saturated carbocycles. The molecule has 1 aliphatic heterocycles.